The molecule has 7 nitrogen and oxygen atoms in total. The Morgan fingerprint density at radius 1 is 1.03 bits per heavy atom. The lowest BCUT2D eigenvalue weighted by Gasteiger charge is -2.16. The highest BCUT2D eigenvalue weighted by Gasteiger charge is 2.21. The zero-order valence-corrected chi connectivity index (χ0v) is 19.7. The van der Waals surface area contributed by atoms with E-state index in [9.17, 15) is 18.8 Å². The van der Waals surface area contributed by atoms with E-state index in [1.807, 2.05) is 56.3 Å². The van der Waals surface area contributed by atoms with Crippen LogP contribution in [0.25, 0.3) is 38.8 Å². The van der Waals surface area contributed by atoms with Gasteiger partial charge in [0.15, 0.2) is 0 Å². The summed E-state index contributed by atoms with van der Waals surface area (Å²) in [6, 6.07) is 16.6. The van der Waals surface area contributed by atoms with Crippen molar-refractivity contribution in [1.82, 2.24) is 19.1 Å². The minimum absolute atomic E-state index is 0.0454. The van der Waals surface area contributed by atoms with Crippen LogP contribution in [0.1, 0.15) is 19.4 Å². The maximum absolute atomic E-state index is 13.3. The third-order valence-electron chi connectivity index (χ3n) is 6.28. The van der Waals surface area contributed by atoms with Crippen LogP contribution in [-0.4, -0.2) is 25.7 Å². The van der Waals surface area contributed by atoms with Gasteiger partial charge in [0.05, 0.1) is 46.1 Å². The Kier molecular flexibility index (Phi) is 5.52. The van der Waals surface area contributed by atoms with Crippen LogP contribution in [0.5, 0.6) is 5.75 Å². The second kappa shape index (κ2) is 8.57. The van der Waals surface area contributed by atoms with E-state index in [2.05, 4.69) is 20.8 Å². The number of pyridine rings is 2. The predicted molar refractivity (Wildman–Crippen MR) is 132 cm³/mol. The van der Waals surface area contributed by atoms with E-state index in [0.29, 0.717) is 38.8 Å². The van der Waals surface area contributed by atoms with Crippen molar-refractivity contribution in [2.24, 2.45) is 7.05 Å². The Labute approximate surface area is 204 Å². The van der Waals surface area contributed by atoms with Gasteiger partial charge in [0.2, 0.25) is 0 Å². The highest BCUT2D eigenvalue weighted by atomic mass is 19.3. The number of hydrogen-bond acceptors (Lipinski definition) is 5. The maximum Gasteiger partial charge on any atom is 0.387 e. The van der Waals surface area contributed by atoms with Crippen LogP contribution in [0.3, 0.4) is 0 Å². The first kappa shape index (κ1) is 23.2. The van der Waals surface area contributed by atoms with Gasteiger partial charge in [0.25, 0.3) is 0 Å². The fourth-order valence-corrected chi connectivity index (χ4v) is 4.25. The Hall–Kier alpha value is -4.58. The molecule has 180 valence electrons. The number of aryl methyl sites for hydroxylation is 1. The molecule has 0 spiro atoms. The SMILES string of the molecule is Cn1c(=O)n(-c2ccc(C(C)(C)C#N)cc2)c2c3cc(-c4cncc(OC(F)F)c4)ccc3ncc21. The van der Waals surface area contributed by atoms with Crippen molar-refractivity contribution in [2.45, 2.75) is 25.9 Å². The number of nitriles is 1. The number of hydrogen-bond donors (Lipinski definition) is 0. The van der Waals surface area contributed by atoms with Gasteiger partial charge < -0.3 is 4.74 Å². The van der Waals surface area contributed by atoms with Crippen molar-refractivity contribution in [3.05, 3.63) is 83.2 Å². The molecule has 5 rings (SSSR count). The molecule has 2 aromatic carbocycles. The first-order valence-corrected chi connectivity index (χ1v) is 11.1. The Bertz CT molecular complexity index is 1710. The molecule has 5 aromatic rings. The molecule has 0 bridgehead atoms. The standard InChI is InChI=1S/C27H21F2N5O2/c1-27(2,15-30)18-5-7-19(8-6-18)34-24-21-11-16(17-10-20(13-31-12-17)36-25(28)29)4-9-22(21)32-14-23(24)33(3)26(34)35/h4-14,25H,1-3H3. The number of aromatic nitrogens is 4. The van der Waals surface area contributed by atoms with Crippen LogP contribution >= 0.6 is 0 Å². The van der Waals surface area contributed by atoms with E-state index in [-0.39, 0.29) is 11.4 Å². The van der Waals surface area contributed by atoms with Crippen molar-refractivity contribution in [2.75, 3.05) is 0 Å². The molecule has 0 aliphatic rings. The number of rotatable bonds is 5. The molecule has 0 amide bonds. The molecule has 3 heterocycles. The number of benzene rings is 2. The largest absolute Gasteiger partial charge is 0.433 e. The van der Waals surface area contributed by atoms with Crippen LogP contribution in [0.4, 0.5) is 8.78 Å². The van der Waals surface area contributed by atoms with E-state index in [1.54, 1.807) is 24.0 Å². The Morgan fingerprint density at radius 3 is 2.47 bits per heavy atom. The molecule has 0 radical (unpaired) electrons. The molecule has 0 saturated carbocycles. The average molecular weight is 485 g/mol. The fourth-order valence-electron chi connectivity index (χ4n) is 4.25. The van der Waals surface area contributed by atoms with Crippen LogP contribution in [-0.2, 0) is 12.5 Å². The minimum atomic E-state index is -2.95. The van der Waals surface area contributed by atoms with Crippen molar-refractivity contribution >= 4 is 21.9 Å². The topological polar surface area (TPSA) is 85.7 Å². The van der Waals surface area contributed by atoms with Gasteiger partial charge in [-0.05, 0) is 55.3 Å². The van der Waals surface area contributed by atoms with Gasteiger partial charge in [-0.15, -0.1) is 0 Å². The Balaban J connectivity index is 1.72. The maximum atomic E-state index is 13.3. The predicted octanol–water partition coefficient (Wildman–Crippen LogP) is 5.34. The fraction of sp³-hybridized carbons (Fsp3) is 0.185. The monoisotopic (exact) mass is 485 g/mol. The van der Waals surface area contributed by atoms with Gasteiger partial charge in [0, 0.05) is 24.2 Å². The van der Waals surface area contributed by atoms with Crippen molar-refractivity contribution < 1.29 is 13.5 Å². The molecule has 0 fully saturated rings. The van der Waals surface area contributed by atoms with Crippen molar-refractivity contribution in [1.29, 1.82) is 5.26 Å². The molecular weight excluding hydrogens is 464 g/mol. The molecule has 36 heavy (non-hydrogen) atoms. The van der Waals surface area contributed by atoms with E-state index in [4.69, 9.17) is 0 Å². The molecule has 0 N–H and O–H groups in total. The van der Waals surface area contributed by atoms with Gasteiger partial charge in [-0.25, -0.2) is 4.79 Å². The van der Waals surface area contributed by atoms with Gasteiger partial charge in [-0.1, -0.05) is 18.2 Å². The molecule has 0 aliphatic heterocycles. The molecule has 0 aliphatic carbocycles. The molecule has 0 unspecified atom stereocenters. The summed E-state index contributed by atoms with van der Waals surface area (Å²) >= 11 is 0. The van der Waals surface area contributed by atoms with Crippen LogP contribution in [0.15, 0.2) is 71.9 Å². The van der Waals surface area contributed by atoms with E-state index >= 15 is 0 Å². The van der Waals surface area contributed by atoms with Crippen LogP contribution in [0.2, 0.25) is 0 Å². The van der Waals surface area contributed by atoms with Gasteiger partial charge in [-0.3, -0.25) is 19.1 Å². The lowest BCUT2D eigenvalue weighted by Crippen LogP contribution is -2.21. The number of imidazole rings is 1. The summed E-state index contributed by atoms with van der Waals surface area (Å²) in [7, 11) is 1.68. The quantitative estimate of drug-likeness (QED) is 0.335. The average Bonchev–Trinajstić information content (AvgIpc) is 3.13. The number of ether oxygens (including phenoxy) is 1. The lowest BCUT2D eigenvalue weighted by molar-refractivity contribution is -0.0500. The summed E-state index contributed by atoms with van der Waals surface area (Å²) in [6.07, 6.45) is 4.43. The number of halogens is 2. The van der Waals surface area contributed by atoms with E-state index in [1.165, 1.54) is 16.8 Å². The summed E-state index contributed by atoms with van der Waals surface area (Å²) < 4.78 is 33.0. The van der Waals surface area contributed by atoms with Crippen molar-refractivity contribution in [3.63, 3.8) is 0 Å². The van der Waals surface area contributed by atoms with Gasteiger partial charge in [0.1, 0.15) is 5.75 Å². The van der Waals surface area contributed by atoms with Gasteiger partial charge >= 0.3 is 12.3 Å². The first-order valence-electron chi connectivity index (χ1n) is 11.1. The third-order valence-corrected chi connectivity index (χ3v) is 6.28. The lowest BCUT2D eigenvalue weighted by atomic mass is 9.86. The highest BCUT2D eigenvalue weighted by Crippen LogP contribution is 2.31. The smallest absolute Gasteiger partial charge is 0.387 e. The summed E-state index contributed by atoms with van der Waals surface area (Å²) in [5.74, 6) is -0.0454. The highest BCUT2D eigenvalue weighted by molar-refractivity contribution is 6.04. The van der Waals surface area contributed by atoms with Crippen molar-refractivity contribution in [3.8, 4) is 28.6 Å². The zero-order valence-electron chi connectivity index (χ0n) is 19.7. The first-order chi connectivity index (χ1) is 17.2. The molecular formula is C27H21F2N5O2. The van der Waals surface area contributed by atoms with E-state index < -0.39 is 12.0 Å². The third kappa shape index (κ3) is 3.86. The second-order valence-electron chi connectivity index (χ2n) is 8.97. The summed E-state index contributed by atoms with van der Waals surface area (Å²) in [4.78, 5) is 21.9. The molecule has 0 saturated heterocycles. The number of fused-ring (bicyclic) bond motifs is 3. The summed E-state index contributed by atoms with van der Waals surface area (Å²) in [5.41, 5.74) is 3.84. The van der Waals surface area contributed by atoms with Gasteiger partial charge in [-0.2, -0.15) is 14.0 Å². The summed E-state index contributed by atoms with van der Waals surface area (Å²) in [5, 5.41) is 10.2. The summed E-state index contributed by atoms with van der Waals surface area (Å²) in [6.45, 7) is 0.720. The number of nitrogens with zero attached hydrogens (tertiary/aromatic N) is 5. The normalized spacial score (nSPS) is 11.8. The molecule has 3 aromatic heterocycles. The van der Waals surface area contributed by atoms with E-state index in [0.717, 1.165) is 5.56 Å². The molecule has 9 heteroatoms. The van der Waals surface area contributed by atoms with Crippen LogP contribution < -0.4 is 10.4 Å². The zero-order chi connectivity index (χ0) is 25.6. The minimum Gasteiger partial charge on any atom is -0.433 e. The second-order valence-corrected chi connectivity index (χ2v) is 8.97. The number of alkyl halides is 2. The Morgan fingerprint density at radius 2 is 1.78 bits per heavy atom. The molecule has 0 atom stereocenters. The van der Waals surface area contributed by atoms with Crippen LogP contribution in [0, 0.1) is 11.3 Å².